The monoisotopic (exact) mass is 410 g/mol. The van der Waals surface area contributed by atoms with Crippen LogP contribution in [-0.4, -0.2) is 33.6 Å². The van der Waals surface area contributed by atoms with Crippen LogP contribution in [0.3, 0.4) is 0 Å². The molecule has 4 rings (SSSR count). The molecular weight excluding hydrogens is 376 g/mol. The number of hydrogen-bond acceptors (Lipinski definition) is 3. The molecule has 5 nitrogen and oxygen atoms in total. The van der Waals surface area contributed by atoms with Crippen molar-refractivity contribution in [2.24, 2.45) is 5.92 Å². The fourth-order valence-electron chi connectivity index (χ4n) is 5.00. The molecule has 1 aromatic heterocycles. The molecule has 1 aliphatic carbocycles. The third kappa shape index (κ3) is 4.26. The number of aromatic nitrogens is 1. The molecule has 1 atom stereocenters. The van der Waals surface area contributed by atoms with E-state index in [4.69, 9.17) is 4.74 Å². The van der Waals surface area contributed by atoms with Crippen molar-refractivity contribution in [3.05, 3.63) is 35.5 Å². The summed E-state index contributed by atoms with van der Waals surface area (Å²) in [6.07, 6.45) is 9.03. The third-order valence-corrected chi connectivity index (χ3v) is 6.51. The lowest BCUT2D eigenvalue weighted by Gasteiger charge is -2.23. The second-order valence-corrected chi connectivity index (χ2v) is 10.1. The van der Waals surface area contributed by atoms with Gasteiger partial charge in [-0.2, -0.15) is 0 Å². The number of likely N-dealkylation sites (tertiary alicyclic amines) is 1. The highest BCUT2D eigenvalue weighted by molar-refractivity contribution is 5.98. The molecule has 1 saturated heterocycles. The Morgan fingerprint density at radius 2 is 1.87 bits per heavy atom. The van der Waals surface area contributed by atoms with Gasteiger partial charge in [-0.05, 0) is 70.1 Å². The van der Waals surface area contributed by atoms with E-state index in [2.05, 4.69) is 35.9 Å². The molecular formula is C25H34N2O3. The number of aryl methyl sites for hydroxylation is 1. The number of carbonyl (C=O) groups is 2. The summed E-state index contributed by atoms with van der Waals surface area (Å²) in [6.45, 7) is 9.08. The number of fused-ring (bicyclic) bond motifs is 1. The van der Waals surface area contributed by atoms with Gasteiger partial charge < -0.3 is 9.30 Å². The maximum absolute atomic E-state index is 13.0. The van der Waals surface area contributed by atoms with E-state index in [1.54, 1.807) is 0 Å². The first-order valence-corrected chi connectivity index (χ1v) is 11.4. The van der Waals surface area contributed by atoms with E-state index in [1.807, 2.05) is 20.8 Å². The highest BCUT2D eigenvalue weighted by Crippen LogP contribution is 2.34. The smallest absolute Gasteiger partial charge is 0.417 e. The highest BCUT2D eigenvalue weighted by Gasteiger charge is 2.38. The summed E-state index contributed by atoms with van der Waals surface area (Å²) in [5.41, 5.74) is 2.88. The Bertz CT molecular complexity index is 947. The summed E-state index contributed by atoms with van der Waals surface area (Å²) in [4.78, 5) is 26.7. The number of amides is 2. The van der Waals surface area contributed by atoms with Gasteiger partial charge in [0.25, 0.3) is 0 Å². The second-order valence-electron chi connectivity index (χ2n) is 10.1. The molecule has 162 valence electrons. The average Bonchev–Trinajstić information content (AvgIpc) is 3.21. The Morgan fingerprint density at radius 3 is 2.57 bits per heavy atom. The summed E-state index contributed by atoms with van der Waals surface area (Å²) in [6, 6.07) is 6.37. The normalized spacial score (nSPS) is 20.9. The Kier molecular flexibility index (Phi) is 5.65. The SMILES string of the molecule is Cc1cn(CC2CCCCC2)c2cc(C3CCN(C(=O)OC(C)(C)C)C3=O)ccc12. The molecule has 0 bridgehead atoms. The van der Waals surface area contributed by atoms with Gasteiger partial charge >= 0.3 is 6.09 Å². The topological polar surface area (TPSA) is 51.5 Å². The third-order valence-electron chi connectivity index (χ3n) is 6.51. The molecule has 1 aliphatic heterocycles. The molecule has 2 aromatic rings. The highest BCUT2D eigenvalue weighted by atomic mass is 16.6. The number of carbonyl (C=O) groups excluding carboxylic acids is 2. The van der Waals surface area contributed by atoms with Crippen molar-refractivity contribution >= 4 is 22.9 Å². The van der Waals surface area contributed by atoms with E-state index < -0.39 is 11.7 Å². The van der Waals surface area contributed by atoms with E-state index in [1.165, 1.54) is 53.5 Å². The van der Waals surface area contributed by atoms with E-state index in [9.17, 15) is 9.59 Å². The van der Waals surface area contributed by atoms with Gasteiger partial charge in [-0.3, -0.25) is 4.79 Å². The fourth-order valence-corrected chi connectivity index (χ4v) is 5.00. The Morgan fingerprint density at radius 1 is 1.13 bits per heavy atom. The lowest BCUT2D eigenvalue weighted by Crippen LogP contribution is -2.38. The van der Waals surface area contributed by atoms with Gasteiger partial charge in [0, 0.05) is 30.2 Å². The molecule has 0 radical (unpaired) electrons. The van der Waals surface area contributed by atoms with Crippen LogP contribution in [0.5, 0.6) is 0 Å². The fraction of sp³-hybridized carbons (Fsp3) is 0.600. The number of hydrogen-bond donors (Lipinski definition) is 0. The van der Waals surface area contributed by atoms with Crippen LogP contribution in [-0.2, 0) is 16.1 Å². The molecule has 0 N–H and O–H groups in total. The summed E-state index contributed by atoms with van der Waals surface area (Å²) >= 11 is 0. The van der Waals surface area contributed by atoms with Crippen LogP contribution in [0, 0.1) is 12.8 Å². The van der Waals surface area contributed by atoms with Gasteiger partial charge in [-0.1, -0.05) is 31.4 Å². The lowest BCUT2D eigenvalue weighted by molar-refractivity contribution is -0.128. The van der Waals surface area contributed by atoms with E-state index in [-0.39, 0.29) is 11.8 Å². The summed E-state index contributed by atoms with van der Waals surface area (Å²) in [5.74, 6) is 0.319. The van der Waals surface area contributed by atoms with Crippen molar-refractivity contribution in [2.75, 3.05) is 6.54 Å². The van der Waals surface area contributed by atoms with Gasteiger partial charge in [0.05, 0.1) is 5.92 Å². The van der Waals surface area contributed by atoms with Crippen molar-refractivity contribution in [2.45, 2.75) is 84.3 Å². The van der Waals surface area contributed by atoms with Gasteiger partial charge in [-0.15, -0.1) is 0 Å². The first-order valence-electron chi connectivity index (χ1n) is 11.4. The van der Waals surface area contributed by atoms with E-state index in [0.717, 1.165) is 18.0 Å². The molecule has 5 heteroatoms. The number of ether oxygens (including phenoxy) is 1. The predicted octanol–water partition coefficient (Wildman–Crippen LogP) is 5.78. The minimum atomic E-state index is -0.605. The molecule has 30 heavy (non-hydrogen) atoms. The summed E-state index contributed by atoms with van der Waals surface area (Å²) < 4.78 is 7.80. The zero-order valence-corrected chi connectivity index (χ0v) is 18.7. The van der Waals surface area contributed by atoms with Crippen molar-refractivity contribution in [1.82, 2.24) is 9.47 Å². The van der Waals surface area contributed by atoms with Crippen LogP contribution in [0.4, 0.5) is 4.79 Å². The van der Waals surface area contributed by atoms with Crippen LogP contribution in [0.2, 0.25) is 0 Å². The molecule has 1 aromatic carbocycles. The van der Waals surface area contributed by atoms with Gasteiger partial charge in [0.1, 0.15) is 5.60 Å². The standard InChI is InChI=1S/C25H34N2O3/c1-17-15-26(16-18-8-6-5-7-9-18)22-14-19(10-11-20(17)22)21-12-13-27(23(21)28)24(29)30-25(2,3)4/h10-11,14-15,18,21H,5-9,12-13,16H2,1-4H3. The lowest BCUT2D eigenvalue weighted by atomic mass is 9.89. The average molecular weight is 411 g/mol. The van der Waals surface area contributed by atoms with Crippen LogP contribution < -0.4 is 0 Å². The van der Waals surface area contributed by atoms with Gasteiger partial charge in [0.2, 0.25) is 5.91 Å². The summed E-state index contributed by atoms with van der Waals surface area (Å²) in [5, 5.41) is 1.25. The molecule has 2 aliphatic rings. The molecule has 1 saturated carbocycles. The largest absolute Gasteiger partial charge is 0.443 e. The first-order chi connectivity index (χ1) is 14.2. The maximum Gasteiger partial charge on any atom is 0.417 e. The van der Waals surface area contributed by atoms with Crippen molar-refractivity contribution in [3.63, 3.8) is 0 Å². The maximum atomic E-state index is 13.0. The van der Waals surface area contributed by atoms with E-state index in [0.29, 0.717) is 13.0 Å². The number of benzene rings is 1. The minimum Gasteiger partial charge on any atom is -0.443 e. The summed E-state index contributed by atoms with van der Waals surface area (Å²) in [7, 11) is 0. The molecule has 2 heterocycles. The van der Waals surface area contributed by atoms with Crippen molar-refractivity contribution in [1.29, 1.82) is 0 Å². The van der Waals surface area contributed by atoms with Gasteiger partial charge in [0.15, 0.2) is 0 Å². The van der Waals surface area contributed by atoms with Crippen molar-refractivity contribution in [3.8, 4) is 0 Å². The van der Waals surface area contributed by atoms with Crippen molar-refractivity contribution < 1.29 is 14.3 Å². The quantitative estimate of drug-likeness (QED) is 0.644. The van der Waals surface area contributed by atoms with E-state index >= 15 is 0 Å². The molecule has 2 amide bonds. The van der Waals surface area contributed by atoms with Gasteiger partial charge in [-0.25, -0.2) is 9.69 Å². The second kappa shape index (κ2) is 8.09. The number of imide groups is 1. The minimum absolute atomic E-state index is 0.147. The van der Waals surface area contributed by atoms with Crippen LogP contribution in [0.15, 0.2) is 24.4 Å². The zero-order chi connectivity index (χ0) is 21.5. The predicted molar refractivity (Wildman–Crippen MR) is 119 cm³/mol. The Labute approximate surface area is 179 Å². The molecule has 1 unspecified atom stereocenters. The van der Waals surface area contributed by atoms with Crippen LogP contribution >= 0.6 is 0 Å². The number of nitrogens with zero attached hydrogens (tertiary/aromatic N) is 2. The Hall–Kier alpha value is -2.30. The van der Waals surface area contributed by atoms with Crippen LogP contribution in [0.25, 0.3) is 10.9 Å². The first kappa shape index (κ1) is 21.0. The number of rotatable bonds is 3. The Balaban J connectivity index is 1.56. The molecule has 0 spiro atoms. The molecule has 2 fully saturated rings. The zero-order valence-electron chi connectivity index (χ0n) is 18.7. The van der Waals surface area contributed by atoms with Crippen LogP contribution in [0.1, 0.15) is 76.3 Å².